The molecule has 122 valence electrons. The summed E-state index contributed by atoms with van der Waals surface area (Å²) in [6, 6.07) is 0.204. The summed E-state index contributed by atoms with van der Waals surface area (Å²) < 4.78 is 7.22. The van der Waals surface area contributed by atoms with Crippen LogP contribution in [0.3, 0.4) is 0 Å². The SMILES string of the molecule is Cc1cn2c(=O)c(C(=O)N3C[C@@H]4OCCN(C)[C@@H]4C3)cnc2s1. The van der Waals surface area contributed by atoms with Crippen LogP contribution < -0.4 is 5.56 Å². The molecule has 2 fully saturated rings. The maximum atomic E-state index is 12.8. The Labute approximate surface area is 137 Å². The van der Waals surface area contributed by atoms with E-state index in [1.165, 1.54) is 21.9 Å². The molecule has 8 heteroatoms. The number of amides is 1. The van der Waals surface area contributed by atoms with Crippen LogP contribution in [-0.2, 0) is 4.74 Å². The number of aryl methyl sites for hydroxylation is 1. The summed E-state index contributed by atoms with van der Waals surface area (Å²) in [6.45, 7) is 4.58. The molecule has 2 aliphatic rings. The summed E-state index contributed by atoms with van der Waals surface area (Å²) in [5.41, 5.74) is -0.171. The quantitative estimate of drug-likeness (QED) is 0.746. The second-order valence-electron chi connectivity index (χ2n) is 6.14. The van der Waals surface area contributed by atoms with E-state index < -0.39 is 0 Å². The number of fused-ring (bicyclic) bond motifs is 2. The van der Waals surface area contributed by atoms with E-state index in [1.54, 1.807) is 11.1 Å². The van der Waals surface area contributed by atoms with Crippen LogP contribution in [0.5, 0.6) is 0 Å². The lowest BCUT2D eigenvalue weighted by Gasteiger charge is -2.33. The fourth-order valence-electron chi connectivity index (χ4n) is 3.34. The van der Waals surface area contributed by atoms with Gasteiger partial charge in [-0.15, -0.1) is 11.3 Å². The molecule has 2 saturated heterocycles. The van der Waals surface area contributed by atoms with Crippen molar-refractivity contribution in [2.75, 3.05) is 33.3 Å². The zero-order valence-corrected chi connectivity index (χ0v) is 13.9. The molecule has 0 radical (unpaired) electrons. The molecule has 0 saturated carbocycles. The van der Waals surface area contributed by atoms with Crippen LogP contribution in [0.4, 0.5) is 0 Å². The van der Waals surface area contributed by atoms with Crippen molar-refractivity contribution in [3.05, 3.63) is 33.2 Å². The van der Waals surface area contributed by atoms with E-state index in [0.29, 0.717) is 24.7 Å². The molecule has 2 atom stereocenters. The number of carbonyl (C=O) groups excluding carboxylic acids is 1. The van der Waals surface area contributed by atoms with Crippen LogP contribution in [0.15, 0.2) is 17.2 Å². The van der Waals surface area contributed by atoms with Gasteiger partial charge in [0.25, 0.3) is 11.5 Å². The number of ether oxygens (including phenoxy) is 1. The highest BCUT2D eigenvalue weighted by Crippen LogP contribution is 2.23. The van der Waals surface area contributed by atoms with E-state index in [0.717, 1.165) is 11.4 Å². The molecule has 23 heavy (non-hydrogen) atoms. The first kappa shape index (κ1) is 14.8. The van der Waals surface area contributed by atoms with Crippen LogP contribution in [-0.4, -0.2) is 70.5 Å². The first-order chi connectivity index (χ1) is 11.0. The molecule has 0 N–H and O–H groups in total. The highest BCUT2D eigenvalue weighted by atomic mass is 32.1. The average Bonchev–Trinajstić information content (AvgIpc) is 3.11. The summed E-state index contributed by atoms with van der Waals surface area (Å²) in [6.07, 6.45) is 3.16. The number of carbonyl (C=O) groups is 1. The lowest BCUT2D eigenvalue weighted by molar-refractivity contribution is -0.0368. The number of morpholine rings is 1. The number of aromatic nitrogens is 2. The van der Waals surface area contributed by atoms with Crippen molar-refractivity contribution in [3.63, 3.8) is 0 Å². The van der Waals surface area contributed by atoms with Crippen molar-refractivity contribution in [3.8, 4) is 0 Å². The first-order valence-electron chi connectivity index (χ1n) is 7.63. The van der Waals surface area contributed by atoms with Gasteiger partial charge in [0.1, 0.15) is 5.56 Å². The van der Waals surface area contributed by atoms with E-state index in [9.17, 15) is 9.59 Å². The smallest absolute Gasteiger partial charge is 0.271 e. The number of rotatable bonds is 1. The number of likely N-dealkylation sites (tertiary alicyclic amines) is 1. The molecule has 0 aromatic carbocycles. The van der Waals surface area contributed by atoms with Gasteiger partial charge in [-0.2, -0.15) is 0 Å². The fraction of sp³-hybridized carbons (Fsp3) is 0.533. The molecule has 0 spiro atoms. The van der Waals surface area contributed by atoms with Gasteiger partial charge >= 0.3 is 0 Å². The van der Waals surface area contributed by atoms with Gasteiger partial charge < -0.3 is 9.64 Å². The summed E-state index contributed by atoms with van der Waals surface area (Å²) in [7, 11) is 2.05. The predicted octanol–water partition coefficient (Wildman–Crippen LogP) is 0.219. The summed E-state index contributed by atoms with van der Waals surface area (Å²) in [4.78, 5) is 35.1. The van der Waals surface area contributed by atoms with E-state index in [-0.39, 0.29) is 29.2 Å². The Balaban J connectivity index is 1.65. The maximum Gasteiger partial charge on any atom is 0.271 e. The molecule has 0 aliphatic carbocycles. The molecule has 0 unspecified atom stereocenters. The van der Waals surface area contributed by atoms with Gasteiger partial charge in [-0.05, 0) is 14.0 Å². The van der Waals surface area contributed by atoms with E-state index in [2.05, 4.69) is 9.88 Å². The van der Waals surface area contributed by atoms with E-state index in [4.69, 9.17) is 4.74 Å². The Morgan fingerprint density at radius 1 is 1.43 bits per heavy atom. The topological polar surface area (TPSA) is 67.2 Å². The summed E-state index contributed by atoms with van der Waals surface area (Å²) >= 11 is 1.44. The molecule has 7 nitrogen and oxygen atoms in total. The molecular weight excluding hydrogens is 316 g/mol. The summed E-state index contributed by atoms with van der Waals surface area (Å²) in [5.74, 6) is -0.257. The molecule has 2 aromatic rings. The first-order valence-corrected chi connectivity index (χ1v) is 8.45. The molecule has 4 heterocycles. The van der Waals surface area contributed by atoms with Crippen molar-refractivity contribution in [2.45, 2.75) is 19.1 Å². The second-order valence-corrected chi connectivity index (χ2v) is 7.35. The van der Waals surface area contributed by atoms with Gasteiger partial charge in [-0.25, -0.2) is 4.98 Å². The van der Waals surface area contributed by atoms with Crippen LogP contribution in [0, 0.1) is 6.92 Å². The largest absolute Gasteiger partial charge is 0.373 e. The third-order valence-electron chi connectivity index (χ3n) is 4.62. The Kier molecular flexibility index (Phi) is 3.47. The number of hydrogen-bond acceptors (Lipinski definition) is 6. The Bertz CT molecular complexity index is 830. The minimum Gasteiger partial charge on any atom is -0.373 e. The average molecular weight is 334 g/mol. The molecule has 0 bridgehead atoms. The minimum absolute atomic E-state index is 0.0283. The van der Waals surface area contributed by atoms with Gasteiger partial charge in [0.2, 0.25) is 0 Å². The lowest BCUT2D eigenvalue weighted by atomic mass is 10.1. The van der Waals surface area contributed by atoms with Crippen molar-refractivity contribution < 1.29 is 9.53 Å². The van der Waals surface area contributed by atoms with Gasteiger partial charge in [-0.3, -0.25) is 18.9 Å². The van der Waals surface area contributed by atoms with Crippen LogP contribution >= 0.6 is 11.3 Å². The fourth-order valence-corrected chi connectivity index (χ4v) is 4.12. The maximum absolute atomic E-state index is 12.8. The Hall–Kier alpha value is -1.77. The summed E-state index contributed by atoms with van der Waals surface area (Å²) in [5, 5.41) is 0. The molecule has 4 rings (SSSR count). The Morgan fingerprint density at radius 2 is 2.26 bits per heavy atom. The van der Waals surface area contributed by atoms with Crippen LogP contribution in [0.2, 0.25) is 0 Å². The van der Waals surface area contributed by atoms with E-state index in [1.807, 2.05) is 14.0 Å². The van der Waals surface area contributed by atoms with Crippen molar-refractivity contribution in [1.82, 2.24) is 19.2 Å². The number of thiazole rings is 1. The van der Waals surface area contributed by atoms with E-state index >= 15 is 0 Å². The number of nitrogens with zero attached hydrogens (tertiary/aromatic N) is 4. The predicted molar refractivity (Wildman–Crippen MR) is 86.1 cm³/mol. The highest BCUT2D eigenvalue weighted by Gasteiger charge is 2.41. The molecular formula is C15H18N4O3S. The Morgan fingerprint density at radius 3 is 3.04 bits per heavy atom. The highest BCUT2D eigenvalue weighted by molar-refractivity contribution is 7.16. The third-order valence-corrected chi connectivity index (χ3v) is 5.53. The zero-order chi connectivity index (χ0) is 16.1. The third kappa shape index (κ3) is 2.37. The number of hydrogen-bond donors (Lipinski definition) is 0. The molecule has 1 amide bonds. The van der Waals surface area contributed by atoms with Gasteiger partial charge in [-0.1, -0.05) is 0 Å². The zero-order valence-electron chi connectivity index (χ0n) is 13.1. The van der Waals surface area contributed by atoms with Gasteiger partial charge in [0.05, 0.1) is 18.8 Å². The van der Waals surface area contributed by atoms with Crippen LogP contribution in [0.1, 0.15) is 15.2 Å². The molecule has 2 aliphatic heterocycles. The number of likely N-dealkylation sites (N-methyl/N-ethyl adjacent to an activating group) is 1. The monoisotopic (exact) mass is 334 g/mol. The van der Waals surface area contributed by atoms with Gasteiger partial charge in [0.15, 0.2) is 4.96 Å². The minimum atomic E-state index is -0.298. The standard InChI is InChI=1S/C15H18N4O3S/c1-9-6-19-14(21)10(5-16-15(19)23-9)13(20)18-7-11-12(8-18)22-4-3-17(11)2/h5-6,11-12H,3-4,7-8H2,1-2H3/t11-,12+/m1/s1. The van der Waals surface area contributed by atoms with Crippen molar-refractivity contribution in [2.24, 2.45) is 0 Å². The van der Waals surface area contributed by atoms with Crippen LogP contribution in [0.25, 0.3) is 4.96 Å². The van der Waals surface area contributed by atoms with Crippen molar-refractivity contribution >= 4 is 22.2 Å². The van der Waals surface area contributed by atoms with Gasteiger partial charge in [0, 0.05) is 36.9 Å². The van der Waals surface area contributed by atoms with Crippen molar-refractivity contribution in [1.29, 1.82) is 0 Å². The second kappa shape index (κ2) is 5.40. The molecule has 2 aromatic heterocycles. The normalized spacial score (nSPS) is 25.0. The lowest BCUT2D eigenvalue weighted by Crippen LogP contribution is -2.48.